The van der Waals surface area contributed by atoms with Gasteiger partial charge in [-0.05, 0) is 26.7 Å². The van der Waals surface area contributed by atoms with Gasteiger partial charge in [0, 0.05) is 37.9 Å². The Labute approximate surface area is 119 Å². The van der Waals surface area contributed by atoms with Crippen molar-refractivity contribution in [2.24, 2.45) is 5.41 Å². The number of nitrogens with zero attached hydrogens (tertiary/aromatic N) is 2. The molecule has 1 N–H and O–H groups in total. The average Bonchev–Trinajstić information content (AvgIpc) is 3.02. The fourth-order valence-electron chi connectivity index (χ4n) is 2.22. The molecule has 1 amide bonds. The zero-order valence-corrected chi connectivity index (χ0v) is 12.4. The van der Waals surface area contributed by atoms with E-state index >= 15 is 0 Å². The molecule has 20 heavy (non-hydrogen) atoms. The average molecular weight is 275 g/mol. The van der Waals surface area contributed by atoms with Crippen molar-refractivity contribution in [3.05, 3.63) is 18.2 Å². The van der Waals surface area contributed by atoms with Crippen LogP contribution in [0.5, 0.6) is 0 Å². The molecule has 2 rings (SSSR count). The second-order valence-corrected chi connectivity index (χ2v) is 6.04. The highest BCUT2D eigenvalue weighted by molar-refractivity contribution is 5.94. The Kier molecular flexibility index (Phi) is 4.15. The van der Waals surface area contributed by atoms with Crippen LogP contribution in [0.2, 0.25) is 0 Å². The van der Waals surface area contributed by atoms with E-state index in [4.69, 9.17) is 4.74 Å². The van der Waals surface area contributed by atoms with E-state index in [2.05, 4.69) is 21.8 Å². The Morgan fingerprint density at radius 3 is 2.85 bits per heavy atom. The van der Waals surface area contributed by atoms with Crippen molar-refractivity contribution < 1.29 is 9.53 Å². The number of carbonyl (C=O) groups is 1. The Hall–Kier alpha value is -1.80. The number of rotatable bonds is 2. The van der Waals surface area contributed by atoms with E-state index in [1.165, 1.54) is 0 Å². The minimum atomic E-state index is -0.184. The number of hydrogen-bond acceptors (Lipinski definition) is 3. The summed E-state index contributed by atoms with van der Waals surface area (Å²) in [5.41, 5.74) is -0.184. The minimum Gasteiger partial charge on any atom is -0.380 e. The van der Waals surface area contributed by atoms with E-state index in [9.17, 15) is 4.79 Å². The summed E-state index contributed by atoms with van der Waals surface area (Å²) in [4.78, 5) is 21.4. The topological polar surface area (TPSA) is 58.2 Å². The second-order valence-electron chi connectivity index (χ2n) is 6.04. The molecule has 108 valence electrons. The Morgan fingerprint density at radius 1 is 1.55 bits per heavy atom. The Bertz CT molecular complexity index is 520. The maximum absolute atomic E-state index is 12.3. The lowest BCUT2D eigenvalue weighted by molar-refractivity contribution is -0.126. The number of likely N-dealkylation sites (tertiary alicyclic amines) is 1. The van der Waals surface area contributed by atoms with Crippen LogP contribution in [0.1, 0.15) is 39.1 Å². The highest BCUT2D eigenvalue weighted by atomic mass is 16.5. The number of aromatic amines is 1. The van der Waals surface area contributed by atoms with Gasteiger partial charge in [0.05, 0.1) is 12.1 Å². The summed E-state index contributed by atoms with van der Waals surface area (Å²) >= 11 is 0. The van der Waals surface area contributed by atoms with Gasteiger partial charge in [0.1, 0.15) is 5.82 Å². The molecule has 0 bridgehead atoms. The fourth-order valence-corrected chi connectivity index (χ4v) is 2.22. The normalized spacial score (nSPS) is 22.5. The Balaban J connectivity index is 2.18. The quantitative estimate of drug-likeness (QED) is 0.837. The third kappa shape index (κ3) is 3.40. The summed E-state index contributed by atoms with van der Waals surface area (Å²) in [6, 6.07) is -0.0864. The summed E-state index contributed by atoms with van der Waals surface area (Å²) in [5, 5.41) is 0. The standard InChI is InChI=1S/C15H21N3O2/c1-15(2,3)6-5-13(19)18-10-11(20-4)9-12(18)14-16-7-8-17-14/h7-8,11-12H,9-10H2,1-4H3,(H,16,17)/t11-,12?/m1/s1. The minimum absolute atomic E-state index is 0.0329. The van der Waals surface area contributed by atoms with Crippen molar-refractivity contribution in [3.63, 3.8) is 0 Å². The van der Waals surface area contributed by atoms with E-state index in [1.807, 2.05) is 20.8 Å². The number of methoxy groups -OCH3 is 1. The molecule has 1 aromatic heterocycles. The van der Waals surface area contributed by atoms with Crippen LogP contribution in [0.4, 0.5) is 0 Å². The molecule has 1 aliphatic rings. The number of imidazole rings is 1. The lowest BCUT2D eigenvalue weighted by Gasteiger charge is -2.20. The number of nitrogens with one attached hydrogen (secondary N) is 1. The predicted octanol–water partition coefficient (Wildman–Crippen LogP) is 1.75. The van der Waals surface area contributed by atoms with Gasteiger partial charge in [0.2, 0.25) is 0 Å². The molecule has 2 heterocycles. The van der Waals surface area contributed by atoms with E-state index in [0.717, 1.165) is 12.2 Å². The van der Waals surface area contributed by atoms with Crippen LogP contribution in [0.25, 0.3) is 0 Å². The summed E-state index contributed by atoms with van der Waals surface area (Å²) in [5.74, 6) is 6.35. The molecule has 1 aromatic rings. The molecular formula is C15H21N3O2. The third-order valence-corrected chi connectivity index (χ3v) is 3.24. The molecule has 0 spiro atoms. The predicted molar refractivity (Wildman–Crippen MR) is 75.7 cm³/mol. The molecule has 1 fully saturated rings. The van der Waals surface area contributed by atoms with Crippen LogP contribution in [0.15, 0.2) is 12.4 Å². The van der Waals surface area contributed by atoms with Crippen molar-refractivity contribution in [2.75, 3.05) is 13.7 Å². The maximum atomic E-state index is 12.3. The van der Waals surface area contributed by atoms with Crippen molar-refractivity contribution >= 4 is 5.91 Å². The molecule has 5 nitrogen and oxygen atoms in total. The van der Waals surface area contributed by atoms with Gasteiger partial charge in [-0.15, -0.1) is 0 Å². The molecule has 0 radical (unpaired) electrons. The van der Waals surface area contributed by atoms with Gasteiger partial charge < -0.3 is 14.6 Å². The zero-order chi connectivity index (χ0) is 14.8. The Morgan fingerprint density at radius 2 is 2.30 bits per heavy atom. The zero-order valence-electron chi connectivity index (χ0n) is 12.4. The first-order valence-corrected chi connectivity index (χ1v) is 6.76. The summed E-state index contributed by atoms with van der Waals surface area (Å²) < 4.78 is 5.38. The molecule has 0 saturated carbocycles. The largest absolute Gasteiger partial charge is 0.380 e. The smallest absolute Gasteiger partial charge is 0.299 e. The van der Waals surface area contributed by atoms with E-state index < -0.39 is 0 Å². The monoisotopic (exact) mass is 275 g/mol. The summed E-state index contributed by atoms with van der Waals surface area (Å²) in [6.45, 7) is 6.51. The molecule has 0 aromatic carbocycles. The maximum Gasteiger partial charge on any atom is 0.299 e. The molecule has 2 atom stereocenters. The van der Waals surface area contributed by atoms with Gasteiger partial charge in [-0.2, -0.15) is 0 Å². The van der Waals surface area contributed by atoms with Gasteiger partial charge in [0.15, 0.2) is 0 Å². The number of aromatic nitrogens is 2. The number of hydrogen-bond donors (Lipinski definition) is 1. The summed E-state index contributed by atoms with van der Waals surface area (Å²) in [7, 11) is 1.67. The molecule has 1 unspecified atom stereocenters. The van der Waals surface area contributed by atoms with Gasteiger partial charge in [-0.3, -0.25) is 4.79 Å². The van der Waals surface area contributed by atoms with Gasteiger partial charge in [0.25, 0.3) is 5.91 Å². The van der Waals surface area contributed by atoms with Crippen molar-refractivity contribution in [2.45, 2.75) is 39.3 Å². The van der Waals surface area contributed by atoms with Crippen LogP contribution in [-0.4, -0.2) is 40.5 Å². The molecular weight excluding hydrogens is 254 g/mol. The summed E-state index contributed by atoms with van der Waals surface area (Å²) in [6.07, 6.45) is 4.23. The molecule has 5 heteroatoms. The number of amides is 1. The van der Waals surface area contributed by atoms with E-state index in [1.54, 1.807) is 24.4 Å². The highest BCUT2D eigenvalue weighted by Crippen LogP contribution is 2.31. The molecule has 0 aliphatic carbocycles. The van der Waals surface area contributed by atoms with Gasteiger partial charge in [-0.1, -0.05) is 5.92 Å². The van der Waals surface area contributed by atoms with Crippen LogP contribution >= 0.6 is 0 Å². The van der Waals surface area contributed by atoms with Crippen LogP contribution < -0.4 is 0 Å². The first-order chi connectivity index (χ1) is 9.40. The van der Waals surface area contributed by atoms with Crippen LogP contribution in [0.3, 0.4) is 0 Å². The number of H-pyrrole nitrogens is 1. The van der Waals surface area contributed by atoms with Crippen LogP contribution in [-0.2, 0) is 9.53 Å². The van der Waals surface area contributed by atoms with E-state index in [0.29, 0.717) is 6.54 Å². The lowest BCUT2D eigenvalue weighted by atomic mass is 9.98. The molecule has 1 saturated heterocycles. The fraction of sp³-hybridized carbons (Fsp3) is 0.600. The van der Waals surface area contributed by atoms with E-state index in [-0.39, 0.29) is 23.5 Å². The highest BCUT2D eigenvalue weighted by Gasteiger charge is 2.37. The lowest BCUT2D eigenvalue weighted by Crippen LogP contribution is -2.31. The third-order valence-electron chi connectivity index (χ3n) is 3.24. The van der Waals surface area contributed by atoms with Crippen molar-refractivity contribution in [1.29, 1.82) is 0 Å². The number of carbonyl (C=O) groups excluding carboxylic acids is 1. The first-order valence-electron chi connectivity index (χ1n) is 6.76. The van der Waals surface area contributed by atoms with Crippen molar-refractivity contribution in [1.82, 2.24) is 14.9 Å². The second kappa shape index (κ2) is 5.68. The van der Waals surface area contributed by atoms with Crippen molar-refractivity contribution in [3.8, 4) is 11.8 Å². The first kappa shape index (κ1) is 14.6. The number of ether oxygens (including phenoxy) is 1. The van der Waals surface area contributed by atoms with Gasteiger partial charge >= 0.3 is 0 Å². The van der Waals surface area contributed by atoms with Gasteiger partial charge in [-0.25, -0.2) is 4.98 Å². The van der Waals surface area contributed by atoms with Crippen LogP contribution in [0, 0.1) is 17.3 Å². The molecule has 1 aliphatic heterocycles. The SMILES string of the molecule is CO[C@@H]1CC(c2ncc[nH]2)N(C(=O)C#CC(C)(C)C)C1.